The van der Waals surface area contributed by atoms with Crippen LogP contribution in [0.25, 0.3) is 0 Å². The molecule has 1 heterocycles. The van der Waals surface area contributed by atoms with E-state index in [0.29, 0.717) is 12.5 Å². The van der Waals surface area contributed by atoms with Gasteiger partial charge in [-0.25, -0.2) is 0 Å². The van der Waals surface area contributed by atoms with Gasteiger partial charge in [0, 0.05) is 33.5 Å². The van der Waals surface area contributed by atoms with E-state index in [4.69, 9.17) is 4.99 Å². The van der Waals surface area contributed by atoms with Gasteiger partial charge in [-0.2, -0.15) is 0 Å². The van der Waals surface area contributed by atoms with E-state index in [0.717, 1.165) is 46.4 Å². The molecule has 1 N–H and O–H groups in total. The van der Waals surface area contributed by atoms with E-state index in [1.54, 1.807) is 0 Å². The number of nitrogens with zero attached hydrogens (tertiary/aromatic N) is 1. The van der Waals surface area contributed by atoms with Crippen molar-refractivity contribution in [3.05, 3.63) is 63.6 Å². The van der Waals surface area contributed by atoms with Gasteiger partial charge in [0.2, 0.25) is 0 Å². The number of anilines is 1. The number of Topliss-reactive ketones (excluding diaryl/α,β-unsaturated/α-hetero) is 1. The molecule has 3 nitrogen and oxygen atoms in total. The molecular weight excluding hydrogens is 436 g/mol. The number of hydrogen-bond acceptors (Lipinski definition) is 3. The second-order valence-corrected chi connectivity index (χ2v) is 9.48. The molecule has 1 saturated carbocycles. The van der Waals surface area contributed by atoms with Gasteiger partial charge in [0.15, 0.2) is 5.78 Å². The second-order valence-electron chi connectivity index (χ2n) is 8.56. The number of hydrogen-bond donors (Lipinski definition) is 1. The van der Waals surface area contributed by atoms with Gasteiger partial charge in [-0.15, -0.1) is 0 Å². The lowest BCUT2D eigenvalue weighted by atomic mass is 9.84. The predicted molar refractivity (Wildman–Crippen MR) is 129 cm³/mol. The van der Waals surface area contributed by atoms with Crippen molar-refractivity contribution < 1.29 is 4.79 Å². The molecule has 0 saturated heterocycles. The number of aliphatic imine (C=N–C) groups is 1. The lowest BCUT2D eigenvalue weighted by molar-refractivity contribution is 0.101. The zero-order valence-electron chi connectivity index (χ0n) is 17.6. The van der Waals surface area contributed by atoms with Gasteiger partial charge in [-0.1, -0.05) is 65.9 Å². The highest BCUT2D eigenvalue weighted by Gasteiger charge is 2.17. The largest absolute Gasteiger partial charge is 0.377 e. The summed E-state index contributed by atoms with van der Waals surface area (Å²) < 4.78 is 1.04. The van der Waals surface area contributed by atoms with Crippen molar-refractivity contribution >= 4 is 33.1 Å². The van der Waals surface area contributed by atoms with E-state index < -0.39 is 0 Å². The molecule has 1 aliphatic carbocycles. The van der Waals surface area contributed by atoms with Gasteiger partial charge in [0.05, 0.1) is 6.54 Å². The zero-order valence-corrected chi connectivity index (χ0v) is 19.2. The lowest BCUT2D eigenvalue weighted by Crippen LogP contribution is -2.16. The molecule has 0 amide bonds. The van der Waals surface area contributed by atoms with E-state index in [2.05, 4.69) is 39.4 Å². The third-order valence-corrected chi connectivity index (χ3v) is 6.91. The fourth-order valence-corrected chi connectivity index (χ4v) is 5.02. The summed E-state index contributed by atoms with van der Waals surface area (Å²) in [5.74, 6) is 0.800. The fourth-order valence-electron chi connectivity index (χ4n) is 4.66. The van der Waals surface area contributed by atoms with Crippen LogP contribution in [0.4, 0.5) is 5.69 Å². The van der Waals surface area contributed by atoms with Crippen molar-refractivity contribution in [2.75, 3.05) is 18.4 Å². The van der Waals surface area contributed by atoms with Crippen LogP contribution in [0, 0.1) is 0 Å². The number of rotatable bonds is 6. The van der Waals surface area contributed by atoms with E-state index in [1.807, 2.05) is 24.3 Å². The standard InChI is InChI=1S/C26H31BrN2O/c27-22-14-15-25(23(17-22)24-9-5-2-6-16-28-24)29-18-26(30)21-12-10-20(11-13-21)19-7-3-1-4-8-19/h10-15,17,19,29H,1-9,16,18H2. The molecule has 1 aliphatic heterocycles. The van der Waals surface area contributed by atoms with E-state index in [1.165, 1.54) is 50.5 Å². The summed E-state index contributed by atoms with van der Waals surface area (Å²) in [4.78, 5) is 17.6. The molecule has 0 atom stereocenters. The number of halogens is 1. The number of carbonyl (C=O) groups excluding carboxylic acids is 1. The van der Waals surface area contributed by atoms with Crippen LogP contribution < -0.4 is 5.32 Å². The average molecular weight is 467 g/mol. The first-order valence-electron chi connectivity index (χ1n) is 11.4. The van der Waals surface area contributed by atoms with Gasteiger partial charge in [-0.05, 0) is 61.8 Å². The Balaban J connectivity index is 1.43. The molecule has 2 aliphatic rings. The highest BCUT2D eigenvalue weighted by molar-refractivity contribution is 9.10. The molecule has 158 valence electrons. The first-order valence-corrected chi connectivity index (χ1v) is 12.2. The van der Waals surface area contributed by atoms with Crippen LogP contribution in [0.5, 0.6) is 0 Å². The Hall–Kier alpha value is -1.94. The Morgan fingerprint density at radius 1 is 0.967 bits per heavy atom. The summed E-state index contributed by atoms with van der Waals surface area (Å²) in [7, 11) is 0. The maximum absolute atomic E-state index is 12.8. The Morgan fingerprint density at radius 2 is 1.73 bits per heavy atom. The average Bonchev–Trinajstić information content (AvgIpc) is 3.08. The van der Waals surface area contributed by atoms with Gasteiger partial charge in [-0.3, -0.25) is 9.79 Å². The van der Waals surface area contributed by atoms with E-state index >= 15 is 0 Å². The van der Waals surface area contributed by atoms with E-state index in [-0.39, 0.29) is 5.78 Å². The molecule has 1 fully saturated rings. The number of carbonyl (C=O) groups is 1. The normalized spacial score (nSPS) is 17.8. The molecular formula is C26H31BrN2O. The summed E-state index contributed by atoms with van der Waals surface area (Å²) in [6.07, 6.45) is 11.2. The summed E-state index contributed by atoms with van der Waals surface area (Å²) in [6, 6.07) is 14.5. The maximum Gasteiger partial charge on any atom is 0.181 e. The molecule has 0 bridgehead atoms. The quantitative estimate of drug-likeness (QED) is 0.458. The Bertz CT molecular complexity index is 898. The summed E-state index contributed by atoms with van der Waals surface area (Å²) in [6.45, 7) is 1.19. The fraction of sp³-hybridized carbons (Fsp3) is 0.462. The second kappa shape index (κ2) is 10.4. The topological polar surface area (TPSA) is 41.5 Å². The minimum absolute atomic E-state index is 0.127. The van der Waals surface area contributed by atoms with Crippen LogP contribution in [0.2, 0.25) is 0 Å². The molecule has 0 aromatic heterocycles. The van der Waals surface area contributed by atoms with Crippen molar-refractivity contribution in [3.63, 3.8) is 0 Å². The minimum Gasteiger partial charge on any atom is -0.377 e. The Labute approximate surface area is 188 Å². The van der Waals surface area contributed by atoms with Crippen LogP contribution in [0.3, 0.4) is 0 Å². The first-order chi connectivity index (χ1) is 14.7. The van der Waals surface area contributed by atoms with Crippen molar-refractivity contribution in [1.29, 1.82) is 0 Å². The van der Waals surface area contributed by atoms with E-state index in [9.17, 15) is 4.79 Å². The van der Waals surface area contributed by atoms with Crippen LogP contribution in [0.1, 0.15) is 85.2 Å². The van der Waals surface area contributed by atoms with Crippen molar-refractivity contribution in [2.45, 2.75) is 63.7 Å². The molecule has 4 heteroatoms. The summed E-state index contributed by atoms with van der Waals surface area (Å²) >= 11 is 3.59. The molecule has 2 aromatic rings. The third-order valence-electron chi connectivity index (χ3n) is 6.42. The number of benzene rings is 2. The van der Waals surface area contributed by atoms with Crippen LogP contribution in [-0.4, -0.2) is 24.6 Å². The van der Waals surface area contributed by atoms with Crippen LogP contribution >= 0.6 is 15.9 Å². The summed E-state index contributed by atoms with van der Waals surface area (Å²) in [5, 5.41) is 3.38. The third kappa shape index (κ3) is 5.40. The molecule has 30 heavy (non-hydrogen) atoms. The number of nitrogens with one attached hydrogen (secondary N) is 1. The Morgan fingerprint density at radius 3 is 2.53 bits per heavy atom. The maximum atomic E-state index is 12.8. The lowest BCUT2D eigenvalue weighted by Gasteiger charge is -2.22. The van der Waals surface area contributed by atoms with Gasteiger partial charge >= 0.3 is 0 Å². The Kier molecular flexibility index (Phi) is 7.37. The predicted octanol–water partition coefficient (Wildman–Crippen LogP) is 7.15. The molecule has 2 aromatic carbocycles. The van der Waals surface area contributed by atoms with Crippen molar-refractivity contribution in [2.24, 2.45) is 4.99 Å². The molecule has 0 spiro atoms. The summed E-state index contributed by atoms with van der Waals surface area (Å²) in [5.41, 5.74) is 5.44. The smallest absolute Gasteiger partial charge is 0.181 e. The SMILES string of the molecule is O=C(CNc1ccc(Br)cc1C1=NCCCCC1)c1ccc(C2CCCCC2)cc1. The highest BCUT2D eigenvalue weighted by atomic mass is 79.9. The molecule has 4 rings (SSSR count). The minimum atomic E-state index is 0.127. The van der Waals surface area contributed by atoms with Crippen LogP contribution in [-0.2, 0) is 0 Å². The van der Waals surface area contributed by atoms with Gasteiger partial charge < -0.3 is 5.32 Å². The highest BCUT2D eigenvalue weighted by Crippen LogP contribution is 2.32. The van der Waals surface area contributed by atoms with Crippen molar-refractivity contribution in [1.82, 2.24) is 0 Å². The number of ketones is 1. The van der Waals surface area contributed by atoms with Gasteiger partial charge in [0.25, 0.3) is 0 Å². The molecule has 0 unspecified atom stereocenters. The first kappa shape index (κ1) is 21.3. The zero-order chi connectivity index (χ0) is 20.8. The van der Waals surface area contributed by atoms with Crippen molar-refractivity contribution in [3.8, 4) is 0 Å². The van der Waals surface area contributed by atoms with Crippen LogP contribution in [0.15, 0.2) is 51.9 Å². The molecule has 0 radical (unpaired) electrons. The van der Waals surface area contributed by atoms with Gasteiger partial charge in [0.1, 0.15) is 0 Å². The monoisotopic (exact) mass is 466 g/mol.